The average molecular weight is 270 g/mol. The summed E-state index contributed by atoms with van der Waals surface area (Å²) in [7, 11) is 0. The van der Waals surface area contributed by atoms with Crippen LogP contribution in [0.1, 0.15) is 0 Å². The van der Waals surface area contributed by atoms with Crippen molar-refractivity contribution in [3.63, 3.8) is 0 Å². The molecule has 0 heterocycles. The highest BCUT2D eigenvalue weighted by Gasteiger charge is 1.97. The number of rotatable bonds is 5. The molecule has 0 amide bonds. The van der Waals surface area contributed by atoms with Gasteiger partial charge in [0.1, 0.15) is 0 Å². The molecule has 2 aromatic rings. The van der Waals surface area contributed by atoms with E-state index in [4.69, 9.17) is 0 Å². The lowest BCUT2D eigenvalue weighted by Crippen LogP contribution is -1.72. The summed E-state index contributed by atoms with van der Waals surface area (Å²) in [5, 5.41) is 2.14. The molecule has 0 spiro atoms. The van der Waals surface area contributed by atoms with Crippen LogP contribution in [0.15, 0.2) is 93.4 Å². The molecule has 2 rings (SSSR count). The number of benzene rings is 2. The molecule has 0 nitrogen and oxygen atoms in total. The molecule has 0 saturated carbocycles. The number of thioether (sulfide) groups is 2. The van der Waals surface area contributed by atoms with E-state index in [9.17, 15) is 0 Å². The summed E-state index contributed by atoms with van der Waals surface area (Å²) in [4.78, 5) is 3.64. The van der Waals surface area contributed by atoms with Gasteiger partial charge < -0.3 is 0 Å². The first-order chi connectivity index (χ1) is 8.88. The van der Waals surface area contributed by atoms with E-state index < -0.39 is 0 Å². The van der Waals surface area contributed by atoms with E-state index in [0.717, 1.165) is 4.91 Å². The number of allylic oxidation sites excluding steroid dienone is 1. The molecule has 0 radical (unpaired) electrons. The summed E-state index contributed by atoms with van der Waals surface area (Å²) in [6, 6.07) is 20.7. The summed E-state index contributed by atoms with van der Waals surface area (Å²) in [6.07, 6.45) is 1.90. The Morgan fingerprint density at radius 2 is 1.39 bits per heavy atom. The second-order valence-corrected chi connectivity index (χ2v) is 5.66. The lowest BCUT2D eigenvalue weighted by Gasteiger charge is -2.02. The van der Waals surface area contributed by atoms with E-state index in [2.05, 4.69) is 36.3 Å². The molecule has 0 unspecified atom stereocenters. The number of hydrogen-bond donors (Lipinski definition) is 0. The Labute approximate surface area is 117 Å². The third-order valence-electron chi connectivity index (χ3n) is 2.23. The maximum Gasteiger partial charge on any atom is 0.0183 e. The van der Waals surface area contributed by atoms with Crippen molar-refractivity contribution in [2.24, 2.45) is 0 Å². The van der Waals surface area contributed by atoms with Crippen LogP contribution >= 0.6 is 23.5 Å². The Morgan fingerprint density at radius 3 is 1.94 bits per heavy atom. The van der Waals surface area contributed by atoms with Crippen LogP contribution in [0.5, 0.6) is 0 Å². The Kier molecular flexibility index (Phi) is 5.18. The van der Waals surface area contributed by atoms with Crippen molar-refractivity contribution in [1.29, 1.82) is 0 Å². The molecule has 0 saturated heterocycles. The van der Waals surface area contributed by atoms with Crippen LogP contribution in [0.3, 0.4) is 0 Å². The van der Waals surface area contributed by atoms with Gasteiger partial charge in [-0.1, -0.05) is 72.6 Å². The average Bonchev–Trinajstić information content (AvgIpc) is 2.45. The summed E-state index contributed by atoms with van der Waals surface area (Å²) in [5.41, 5.74) is 0. The topological polar surface area (TPSA) is 0 Å². The highest BCUT2D eigenvalue weighted by Crippen LogP contribution is 2.30. The second kappa shape index (κ2) is 7.14. The fourth-order valence-electron chi connectivity index (χ4n) is 1.36. The minimum Gasteiger partial charge on any atom is -0.0979 e. The van der Waals surface area contributed by atoms with Gasteiger partial charge >= 0.3 is 0 Å². The lowest BCUT2D eigenvalue weighted by molar-refractivity contribution is 1.47. The van der Waals surface area contributed by atoms with Crippen molar-refractivity contribution in [2.45, 2.75) is 9.79 Å². The maximum atomic E-state index is 3.87. The second-order valence-electron chi connectivity index (χ2n) is 3.57. The third-order valence-corrected chi connectivity index (χ3v) is 4.33. The molecule has 18 heavy (non-hydrogen) atoms. The van der Waals surface area contributed by atoms with Crippen LogP contribution in [0.25, 0.3) is 0 Å². The normalized spacial score (nSPS) is 11.2. The van der Waals surface area contributed by atoms with Gasteiger partial charge in [-0.25, -0.2) is 0 Å². The van der Waals surface area contributed by atoms with Gasteiger partial charge in [0, 0.05) is 14.7 Å². The van der Waals surface area contributed by atoms with Crippen LogP contribution in [-0.2, 0) is 0 Å². The summed E-state index contributed by atoms with van der Waals surface area (Å²) in [6.45, 7) is 3.87. The molecule has 0 fully saturated rings. The van der Waals surface area contributed by atoms with E-state index in [1.54, 1.807) is 23.5 Å². The van der Waals surface area contributed by atoms with Crippen LogP contribution < -0.4 is 0 Å². The van der Waals surface area contributed by atoms with Gasteiger partial charge in [-0.05, 0) is 29.7 Å². The van der Waals surface area contributed by atoms with Crippen molar-refractivity contribution >= 4 is 23.5 Å². The van der Waals surface area contributed by atoms with Gasteiger partial charge in [0.15, 0.2) is 0 Å². The van der Waals surface area contributed by atoms with E-state index in [1.807, 2.05) is 42.5 Å². The molecule has 0 bridgehead atoms. The highest BCUT2D eigenvalue weighted by atomic mass is 32.2. The van der Waals surface area contributed by atoms with Crippen molar-refractivity contribution in [3.05, 3.63) is 83.6 Å². The van der Waals surface area contributed by atoms with Crippen molar-refractivity contribution in [2.75, 3.05) is 0 Å². The first-order valence-corrected chi connectivity index (χ1v) is 7.35. The van der Waals surface area contributed by atoms with E-state index in [1.165, 1.54) is 9.79 Å². The largest absolute Gasteiger partial charge is 0.0979 e. The van der Waals surface area contributed by atoms with Gasteiger partial charge in [-0.15, -0.1) is 0 Å². The van der Waals surface area contributed by atoms with E-state index in [0.29, 0.717) is 0 Å². The Morgan fingerprint density at radius 1 is 0.833 bits per heavy atom. The molecule has 2 aromatic carbocycles. The highest BCUT2D eigenvalue weighted by molar-refractivity contribution is 8.06. The van der Waals surface area contributed by atoms with Crippen molar-refractivity contribution in [1.82, 2.24) is 0 Å². The minimum atomic E-state index is 1.16. The summed E-state index contributed by atoms with van der Waals surface area (Å²) < 4.78 is 0. The standard InChI is InChI=1S/C16H14S2/c1-2-14(18-16-11-7-4-8-12-16)13-17-15-9-5-3-6-10-15/h2-13H,1H2/b14-13-. The van der Waals surface area contributed by atoms with E-state index >= 15 is 0 Å². The third kappa shape index (κ3) is 4.13. The maximum absolute atomic E-state index is 3.87. The molecule has 90 valence electrons. The van der Waals surface area contributed by atoms with Crippen LogP contribution in [-0.4, -0.2) is 0 Å². The fourth-order valence-corrected chi connectivity index (χ4v) is 3.01. The van der Waals surface area contributed by atoms with Gasteiger partial charge in [0.25, 0.3) is 0 Å². The van der Waals surface area contributed by atoms with Gasteiger partial charge in [0.05, 0.1) is 0 Å². The Hall–Kier alpha value is -1.38. The molecule has 0 atom stereocenters. The van der Waals surface area contributed by atoms with Crippen LogP contribution in [0.4, 0.5) is 0 Å². The molecule has 0 aliphatic heterocycles. The lowest BCUT2D eigenvalue weighted by atomic mass is 10.4. The SMILES string of the molecule is C=C/C(=C/Sc1ccccc1)Sc1ccccc1. The van der Waals surface area contributed by atoms with Gasteiger partial charge in [0.2, 0.25) is 0 Å². The zero-order chi connectivity index (χ0) is 12.6. The summed E-state index contributed by atoms with van der Waals surface area (Å²) in [5.74, 6) is 0. The Bertz CT molecular complexity index is 515. The smallest absolute Gasteiger partial charge is 0.0183 e. The zero-order valence-electron chi connectivity index (χ0n) is 9.95. The zero-order valence-corrected chi connectivity index (χ0v) is 11.6. The molecule has 0 aromatic heterocycles. The number of hydrogen-bond acceptors (Lipinski definition) is 2. The molecule has 0 aliphatic rings. The van der Waals surface area contributed by atoms with Crippen molar-refractivity contribution in [3.8, 4) is 0 Å². The van der Waals surface area contributed by atoms with Crippen LogP contribution in [0.2, 0.25) is 0 Å². The van der Waals surface area contributed by atoms with Crippen LogP contribution in [0, 0.1) is 0 Å². The molecule has 0 N–H and O–H groups in total. The monoisotopic (exact) mass is 270 g/mol. The summed E-state index contributed by atoms with van der Waals surface area (Å²) >= 11 is 3.45. The Balaban J connectivity index is 2.03. The quantitative estimate of drug-likeness (QED) is 0.512. The van der Waals surface area contributed by atoms with Gasteiger partial charge in [-0.3, -0.25) is 0 Å². The minimum absolute atomic E-state index is 1.16. The first kappa shape index (κ1) is 13.1. The first-order valence-electron chi connectivity index (χ1n) is 5.66. The molecule has 0 aliphatic carbocycles. The molecular weight excluding hydrogens is 256 g/mol. The molecular formula is C16H14S2. The fraction of sp³-hybridized carbons (Fsp3) is 0. The van der Waals surface area contributed by atoms with E-state index in [-0.39, 0.29) is 0 Å². The predicted octanol–water partition coefficient (Wildman–Crippen LogP) is 5.60. The van der Waals surface area contributed by atoms with Gasteiger partial charge in [-0.2, -0.15) is 0 Å². The predicted molar refractivity (Wildman–Crippen MR) is 82.9 cm³/mol. The molecule has 2 heteroatoms. The van der Waals surface area contributed by atoms with Crippen molar-refractivity contribution < 1.29 is 0 Å².